The molecule has 0 amide bonds. The molecular formula is C15H27N3. The van der Waals surface area contributed by atoms with Crippen LogP contribution >= 0.6 is 0 Å². The van der Waals surface area contributed by atoms with E-state index in [0.717, 1.165) is 24.9 Å². The fourth-order valence-electron chi connectivity index (χ4n) is 3.09. The number of hydrogen-bond acceptors (Lipinski definition) is 2. The van der Waals surface area contributed by atoms with E-state index in [0.29, 0.717) is 0 Å². The van der Waals surface area contributed by atoms with Crippen LogP contribution in [0, 0.1) is 5.92 Å². The van der Waals surface area contributed by atoms with Gasteiger partial charge in [-0.3, -0.25) is 0 Å². The molecule has 3 nitrogen and oxygen atoms in total. The van der Waals surface area contributed by atoms with E-state index >= 15 is 0 Å². The monoisotopic (exact) mass is 249 g/mol. The lowest BCUT2D eigenvalue weighted by atomic mass is 9.83. The quantitative estimate of drug-likeness (QED) is 0.840. The zero-order chi connectivity index (χ0) is 12.8. The largest absolute Gasteiger partial charge is 0.338 e. The highest BCUT2D eigenvalue weighted by Gasteiger charge is 2.19. The summed E-state index contributed by atoms with van der Waals surface area (Å²) < 4.78 is 2.11. The highest BCUT2D eigenvalue weighted by atomic mass is 15.0. The van der Waals surface area contributed by atoms with Crippen LogP contribution in [0.4, 0.5) is 0 Å². The fourth-order valence-corrected chi connectivity index (χ4v) is 3.09. The maximum Gasteiger partial charge on any atom is 0.109 e. The topological polar surface area (TPSA) is 29.9 Å². The van der Waals surface area contributed by atoms with E-state index in [4.69, 9.17) is 0 Å². The Bertz CT molecular complexity index is 337. The molecule has 0 aromatic carbocycles. The summed E-state index contributed by atoms with van der Waals surface area (Å²) in [6, 6.07) is 0.748. The van der Waals surface area contributed by atoms with Crippen LogP contribution in [0.3, 0.4) is 0 Å². The van der Waals surface area contributed by atoms with Gasteiger partial charge in [0.05, 0.1) is 0 Å². The van der Waals surface area contributed by atoms with Crippen molar-refractivity contribution >= 4 is 0 Å². The molecule has 1 aliphatic carbocycles. The Morgan fingerprint density at radius 1 is 1.33 bits per heavy atom. The van der Waals surface area contributed by atoms with Crippen molar-refractivity contribution < 1.29 is 0 Å². The summed E-state index contributed by atoms with van der Waals surface area (Å²) in [5, 5.41) is 3.70. The number of nitrogens with one attached hydrogen (secondary N) is 1. The minimum atomic E-state index is 0.748. The van der Waals surface area contributed by atoms with Gasteiger partial charge in [0, 0.05) is 38.4 Å². The van der Waals surface area contributed by atoms with Crippen LogP contribution in [-0.4, -0.2) is 22.1 Å². The van der Waals surface area contributed by atoms with Crippen LogP contribution in [0.2, 0.25) is 0 Å². The number of aryl methyl sites for hydroxylation is 1. The van der Waals surface area contributed by atoms with Gasteiger partial charge in [-0.25, -0.2) is 4.98 Å². The summed E-state index contributed by atoms with van der Waals surface area (Å²) in [7, 11) is 2.07. The van der Waals surface area contributed by atoms with Crippen LogP contribution in [0.1, 0.15) is 51.3 Å². The molecule has 1 aliphatic rings. The van der Waals surface area contributed by atoms with Crippen molar-refractivity contribution in [3.8, 4) is 0 Å². The molecule has 0 saturated heterocycles. The standard InChI is InChI=1S/C15H27N3/c1-3-4-13-5-7-14(8-6-13)16-10-9-15-17-11-12-18(15)2/h11-14,16H,3-10H2,1-2H3. The molecule has 0 spiro atoms. The van der Waals surface area contributed by atoms with Gasteiger partial charge in [0.1, 0.15) is 5.82 Å². The molecular weight excluding hydrogens is 222 g/mol. The lowest BCUT2D eigenvalue weighted by molar-refractivity contribution is 0.279. The van der Waals surface area contributed by atoms with Gasteiger partial charge in [0.2, 0.25) is 0 Å². The first-order valence-electron chi connectivity index (χ1n) is 7.49. The molecule has 1 aromatic heterocycles. The maximum atomic E-state index is 4.36. The molecule has 1 heterocycles. The Morgan fingerprint density at radius 3 is 2.72 bits per heavy atom. The van der Waals surface area contributed by atoms with Crippen molar-refractivity contribution in [2.75, 3.05) is 6.54 Å². The molecule has 0 unspecified atom stereocenters. The highest BCUT2D eigenvalue weighted by molar-refractivity contribution is 4.92. The summed E-state index contributed by atoms with van der Waals surface area (Å²) in [5.41, 5.74) is 0. The Hall–Kier alpha value is -0.830. The van der Waals surface area contributed by atoms with Crippen LogP contribution in [0.25, 0.3) is 0 Å². The summed E-state index contributed by atoms with van der Waals surface area (Å²) in [5.74, 6) is 2.18. The SMILES string of the molecule is CCCC1CCC(NCCc2nccn2C)CC1. The van der Waals surface area contributed by atoms with Gasteiger partial charge in [0.15, 0.2) is 0 Å². The maximum absolute atomic E-state index is 4.36. The lowest BCUT2D eigenvalue weighted by Crippen LogP contribution is -2.34. The predicted octanol–water partition coefficient (Wildman–Crippen LogP) is 2.91. The van der Waals surface area contributed by atoms with Gasteiger partial charge in [-0.15, -0.1) is 0 Å². The summed E-state index contributed by atoms with van der Waals surface area (Å²) in [6.45, 7) is 3.37. The first-order valence-corrected chi connectivity index (χ1v) is 7.49. The van der Waals surface area contributed by atoms with E-state index in [-0.39, 0.29) is 0 Å². The van der Waals surface area contributed by atoms with Gasteiger partial charge < -0.3 is 9.88 Å². The molecule has 0 atom stereocenters. The van der Waals surface area contributed by atoms with Gasteiger partial charge >= 0.3 is 0 Å². The van der Waals surface area contributed by atoms with E-state index < -0.39 is 0 Å². The van der Waals surface area contributed by atoms with E-state index in [2.05, 4.69) is 28.8 Å². The van der Waals surface area contributed by atoms with Crippen LogP contribution in [-0.2, 0) is 13.5 Å². The van der Waals surface area contributed by atoms with Crippen LogP contribution in [0.15, 0.2) is 12.4 Å². The number of imidazole rings is 1. The molecule has 0 aliphatic heterocycles. The summed E-state index contributed by atoms with van der Waals surface area (Å²) in [6.07, 6.45) is 13.3. The molecule has 102 valence electrons. The second-order valence-corrected chi connectivity index (χ2v) is 5.66. The number of aromatic nitrogens is 2. The Kier molecular flexibility index (Phi) is 5.24. The molecule has 0 radical (unpaired) electrons. The average molecular weight is 249 g/mol. The fraction of sp³-hybridized carbons (Fsp3) is 0.800. The third-order valence-electron chi connectivity index (χ3n) is 4.25. The van der Waals surface area contributed by atoms with Crippen molar-refractivity contribution in [2.45, 2.75) is 57.9 Å². The molecule has 18 heavy (non-hydrogen) atoms. The van der Waals surface area contributed by atoms with Crippen LogP contribution in [0.5, 0.6) is 0 Å². The van der Waals surface area contributed by atoms with Crippen molar-refractivity contribution in [1.82, 2.24) is 14.9 Å². The number of nitrogens with zero attached hydrogens (tertiary/aromatic N) is 2. The minimum Gasteiger partial charge on any atom is -0.338 e. The number of rotatable bonds is 6. The predicted molar refractivity (Wildman–Crippen MR) is 75.6 cm³/mol. The van der Waals surface area contributed by atoms with E-state index in [1.165, 1.54) is 44.3 Å². The van der Waals surface area contributed by atoms with Gasteiger partial charge in [-0.2, -0.15) is 0 Å². The smallest absolute Gasteiger partial charge is 0.109 e. The molecule has 1 N–H and O–H groups in total. The van der Waals surface area contributed by atoms with Gasteiger partial charge in [-0.05, 0) is 31.6 Å². The van der Waals surface area contributed by atoms with Crippen molar-refractivity contribution in [1.29, 1.82) is 0 Å². The third-order valence-corrected chi connectivity index (χ3v) is 4.25. The molecule has 1 aromatic rings. The third kappa shape index (κ3) is 3.84. The zero-order valence-corrected chi connectivity index (χ0v) is 11.9. The first kappa shape index (κ1) is 13.6. The van der Waals surface area contributed by atoms with Crippen molar-refractivity contribution in [3.63, 3.8) is 0 Å². The minimum absolute atomic E-state index is 0.748. The Morgan fingerprint density at radius 2 is 2.11 bits per heavy atom. The van der Waals surface area contributed by atoms with Crippen molar-refractivity contribution in [2.24, 2.45) is 13.0 Å². The normalized spacial score (nSPS) is 24.3. The second kappa shape index (κ2) is 6.93. The molecule has 1 saturated carbocycles. The zero-order valence-electron chi connectivity index (χ0n) is 11.9. The van der Waals surface area contributed by atoms with E-state index in [1.54, 1.807) is 0 Å². The van der Waals surface area contributed by atoms with E-state index in [9.17, 15) is 0 Å². The first-order chi connectivity index (χ1) is 8.79. The summed E-state index contributed by atoms with van der Waals surface area (Å²) in [4.78, 5) is 4.36. The molecule has 0 bridgehead atoms. The molecule has 1 fully saturated rings. The van der Waals surface area contributed by atoms with E-state index in [1.807, 2.05) is 12.4 Å². The Balaban J connectivity index is 1.62. The average Bonchev–Trinajstić information content (AvgIpc) is 2.78. The molecule has 2 rings (SSSR count). The second-order valence-electron chi connectivity index (χ2n) is 5.66. The Labute approximate surface area is 111 Å². The highest BCUT2D eigenvalue weighted by Crippen LogP contribution is 2.27. The van der Waals surface area contributed by atoms with Crippen molar-refractivity contribution in [3.05, 3.63) is 18.2 Å². The number of hydrogen-bond donors (Lipinski definition) is 1. The van der Waals surface area contributed by atoms with Crippen LogP contribution < -0.4 is 5.32 Å². The van der Waals surface area contributed by atoms with Gasteiger partial charge in [-0.1, -0.05) is 19.8 Å². The van der Waals surface area contributed by atoms with Gasteiger partial charge in [0.25, 0.3) is 0 Å². The lowest BCUT2D eigenvalue weighted by Gasteiger charge is -2.29. The summed E-state index contributed by atoms with van der Waals surface area (Å²) >= 11 is 0. The molecule has 3 heteroatoms.